The molecule has 3 N–H and O–H groups in total. The Labute approximate surface area is 287 Å². The Kier molecular flexibility index (Phi) is 9.69. The molecule has 2 aromatic carbocycles. The molecular formula is C34H37F6N7O4. The van der Waals surface area contributed by atoms with E-state index in [9.17, 15) is 40.7 Å². The highest BCUT2D eigenvalue weighted by Crippen LogP contribution is 2.42. The van der Waals surface area contributed by atoms with Crippen molar-refractivity contribution in [1.29, 1.82) is 0 Å². The molecule has 2 saturated heterocycles. The Bertz CT molecular complexity index is 1960. The number of carbonyl (C=O) groups is 2. The number of para-hydroxylation sites is 1. The first kappa shape index (κ1) is 36.0. The number of aromatic nitrogens is 3. The number of benzene rings is 2. The first-order valence-corrected chi connectivity index (χ1v) is 16.5. The Morgan fingerprint density at radius 3 is 2.14 bits per heavy atom. The van der Waals surface area contributed by atoms with Gasteiger partial charge >= 0.3 is 24.1 Å². The summed E-state index contributed by atoms with van der Waals surface area (Å²) < 4.78 is 90.1. The number of fused-ring (bicyclic) bond motifs is 3. The van der Waals surface area contributed by atoms with Crippen molar-refractivity contribution in [2.75, 3.05) is 46.0 Å². The number of alkyl halides is 6. The molecule has 17 heteroatoms. The average molecular weight is 722 g/mol. The van der Waals surface area contributed by atoms with Crippen molar-refractivity contribution in [2.45, 2.75) is 62.6 Å². The molecule has 0 bridgehead atoms. The highest BCUT2D eigenvalue weighted by molar-refractivity contribution is 6.01. The van der Waals surface area contributed by atoms with Gasteiger partial charge in [0.15, 0.2) is 6.10 Å². The third kappa shape index (κ3) is 7.34. The fourth-order valence-electron chi connectivity index (χ4n) is 7.09. The van der Waals surface area contributed by atoms with E-state index in [0.717, 1.165) is 5.39 Å². The number of H-pyrrole nitrogens is 1. The van der Waals surface area contributed by atoms with Crippen LogP contribution < -0.4 is 11.4 Å². The van der Waals surface area contributed by atoms with Crippen molar-refractivity contribution in [2.24, 2.45) is 0 Å². The quantitative estimate of drug-likeness (QED) is 0.201. The number of pyridine rings is 1. The zero-order valence-corrected chi connectivity index (χ0v) is 27.9. The summed E-state index contributed by atoms with van der Waals surface area (Å²) in [5.41, 5.74) is 1.53. The van der Waals surface area contributed by atoms with Gasteiger partial charge in [0.1, 0.15) is 0 Å². The lowest BCUT2D eigenvalue weighted by Gasteiger charge is -2.37. The maximum atomic E-state index is 13.8. The van der Waals surface area contributed by atoms with Crippen molar-refractivity contribution < 1.29 is 40.7 Å². The van der Waals surface area contributed by atoms with Crippen LogP contribution in [0.5, 0.6) is 0 Å². The number of nitrogens with one attached hydrogen (secondary N) is 1. The topological polar surface area (TPSA) is 130 Å². The van der Waals surface area contributed by atoms with Crippen LogP contribution in [0.25, 0.3) is 21.9 Å². The van der Waals surface area contributed by atoms with Crippen LogP contribution in [0.2, 0.25) is 0 Å². The van der Waals surface area contributed by atoms with Crippen LogP contribution in [-0.2, 0) is 28.3 Å². The monoisotopic (exact) mass is 721 g/mol. The molecule has 274 valence electrons. The molecule has 4 heterocycles. The summed E-state index contributed by atoms with van der Waals surface area (Å²) in [5, 5.41) is 0.777. The minimum atomic E-state index is -5.22. The normalized spacial score (nSPS) is 17.4. The molecule has 0 unspecified atom stereocenters. The van der Waals surface area contributed by atoms with Crippen LogP contribution >= 0.6 is 0 Å². The van der Waals surface area contributed by atoms with Crippen LogP contribution in [0.4, 0.5) is 36.8 Å². The van der Waals surface area contributed by atoms with E-state index >= 15 is 0 Å². The minimum absolute atomic E-state index is 0.108. The molecule has 2 aliphatic heterocycles. The van der Waals surface area contributed by atoms with Gasteiger partial charge in [-0.05, 0) is 63.5 Å². The van der Waals surface area contributed by atoms with Gasteiger partial charge in [0, 0.05) is 50.1 Å². The molecule has 0 saturated carbocycles. The van der Waals surface area contributed by atoms with Gasteiger partial charge in [-0.1, -0.05) is 18.2 Å². The number of nitrogens with zero attached hydrogens (tertiary/aromatic N) is 5. The first-order valence-electron chi connectivity index (χ1n) is 16.5. The predicted octanol–water partition coefficient (Wildman–Crippen LogP) is 5.44. The van der Waals surface area contributed by atoms with E-state index in [1.165, 1.54) is 9.80 Å². The number of nitrogen functional groups attached to an aromatic ring is 1. The van der Waals surface area contributed by atoms with E-state index in [2.05, 4.69) is 9.97 Å². The maximum absolute atomic E-state index is 13.8. The van der Waals surface area contributed by atoms with Crippen LogP contribution in [0.1, 0.15) is 48.4 Å². The van der Waals surface area contributed by atoms with Gasteiger partial charge in [0.2, 0.25) is 0 Å². The van der Waals surface area contributed by atoms with E-state index < -0.39 is 59.3 Å². The molecule has 11 nitrogen and oxygen atoms in total. The molecule has 2 fully saturated rings. The van der Waals surface area contributed by atoms with Gasteiger partial charge < -0.3 is 30.2 Å². The zero-order valence-electron chi connectivity index (χ0n) is 27.9. The number of hydrogen-bond acceptors (Lipinski definition) is 7. The number of nitrogens with two attached hydrogens (primary N) is 1. The smallest absolute Gasteiger partial charge is 0.418 e. The summed E-state index contributed by atoms with van der Waals surface area (Å²) >= 11 is 0. The van der Waals surface area contributed by atoms with E-state index in [1.54, 1.807) is 10.8 Å². The van der Waals surface area contributed by atoms with E-state index in [4.69, 9.17) is 10.5 Å². The number of likely N-dealkylation sites (tertiary alicyclic amines) is 2. The number of hydrogen-bond donors (Lipinski definition) is 2. The summed E-state index contributed by atoms with van der Waals surface area (Å²) in [6, 6.07) is 8.12. The fraction of sp³-hybridized carbons (Fsp3) is 0.471. The molecule has 51 heavy (non-hydrogen) atoms. The third-order valence-corrected chi connectivity index (χ3v) is 9.85. The van der Waals surface area contributed by atoms with Crippen molar-refractivity contribution in [1.82, 2.24) is 29.2 Å². The largest absolute Gasteiger partial charge is 0.436 e. The van der Waals surface area contributed by atoms with Gasteiger partial charge in [0.05, 0.1) is 39.6 Å². The van der Waals surface area contributed by atoms with E-state index in [1.807, 2.05) is 43.3 Å². The molecule has 0 aliphatic carbocycles. The minimum Gasteiger partial charge on any atom is -0.436 e. The standard InChI is InChI=1S/C34H37F6N7O4/c1-44(2)20-7-11-45(12-8-20)30(48)27(17-19-15-23(33(35,36)37)28(41)24(16-19)34(38,39)40)51-32(50)46-13-9-21(10-14-46)47-26-18-42-25-6-4-3-5-22(25)29(26)43-31(47)49/h3-6,15-16,18,20-21,27H,7-14,17,41H2,1-2H3,(H,43,49)/t27-/m1/s1. The Hall–Kier alpha value is -4.80. The number of amides is 2. The second kappa shape index (κ2) is 13.7. The fourth-order valence-corrected chi connectivity index (χ4v) is 7.09. The molecule has 2 amide bonds. The van der Waals surface area contributed by atoms with Crippen molar-refractivity contribution >= 4 is 39.6 Å². The van der Waals surface area contributed by atoms with Gasteiger partial charge in [-0.2, -0.15) is 26.3 Å². The van der Waals surface area contributed by atoms with Crippen LogP contribution in [-0.4, -0.2) is 93.7 Å². The third-order valence-electron chi connectivity index (χ3n) is 9.85. The molecule has 0 spiro atoms. The number of ether oxygens (including phenoxy) is 1. The SMILES string of the molecule is CN(C)C1CCN(C(=O)[C@@H](Cc2cc(C(F)(F)F)c(N)c(C(F)(F)F)c2)OC(=O)N2CCC(n3c(=O)[nH]c4c5ccccc5ncc43)CC2)CC1. The molecule has 1 atom stereocenters. The van der Waals surface area contributed by atoms with Crippen LogP contribution in [0.15, 0.2) is 47.4 Å². The number of rotatable bonds is 6. The molecular weight excluding hydrogens is 684 g/mol. The summed E-state index contributed by atoms with van der Waals surface area (Å²) in [5.74, 6) is -0.723. The van der Waals surface area contributed by atoms with Crippen molar-refractivity contribution in [3.8, 4) is 0 Å². The van der Waals surface area contributed by atoms with Gasteiger partial charge in [-0.15, -0.1) is 0 Å². The molecule has 4 aromatic rings. The van der Waals surface area contributed by atoms with E-state index in [0.29, 0.717) is 54.4 Å². The number of piperidine rings is 2. The van der Waals surface area contributed by atoms with Crippen LogP contribution in [0.3, 0.4) is 0 Å². The van der Waals surface area contributed by atoms with Crippen LogP contribution in [0, 0.1) is 0 Å². The maximum Gasteiger partial charge on any atom is 0.418 e. The summed E-state index contributed by atoms with van der Waals surface area (Å²) in [6.45, 7) is 0.732. The lowest BCUT2D eigenvalue weighted by molar-refractivity contribution is -0.142. The molecule has 0 radical (unpaired) electrons. The molecule has 2 aromatic heterocycles. The number of halogens is 6. The van der Waals surface area contributed by atoms with Crippen molar-refractivity contribution in [3.05, 3.63) is 69.8 Å². The number of anilines is 1. The summed E-state index contributed by atoms with van der Waals surface area (Å²) in [6.07, 6.45) is -10.4. The highest BCUT2D eigenvalue weighted by Gasteiger charge is 2.42. The number of imidazole rings is 1. The predicted molar refractivity (Wildman–Crippen MR) is 176 cm³/mol. The second-order valence-corrected chi connectivity index (χ2v) is 13.3. The first-order chi connectivity index (χ1) is 24.0. The Morgan fingerprint density at radius 1 is 0.961 bits per heavy atom. The Balaban J connectivity index is 1.23. The van der Waals surface area contributed by atoms with Gasteiger partial charge in [-0.25, -0.2) is 9.59 Å². The lowest BCUT2D eigenvalue weighted by Crippen LogP contribution is -2.50. The summed E-state index contributed by atoms with van der Waals surface area (Å²) in [4.78, 5) is 52.5. The van der Waals surface area contributed by atoms with Gasteiger partial charge in [-0.3, -0.25) is 14.3 Å². The van der Waals surface area contributed by atoms with Gasteiger partial charge in [0.25, 0.3) is 5.91 Å². The zero-order chi connectivity index (χ0) is 36.8. The summed E-state index contributed by atoms with van der Waals surface area (Å²) in [7, 11) is 3.78. The van der Waals surface area contributed by atoms with E-state index in [-0.39, 0.29) is 44.0 Å². The number of aromatic amines is 1. The Morgan fingerprint density at radius 2 is 1.55 bits per heavy atom. The highest BCUT2D eigenvalue weighted by atomic mass is 19.4. The lowest BCUT2D eigenvalue weighted by atomic mass is 9.97. The number of carbonyl (C=O) groups excluding carboxylic acids is 2. The van der Waals surface area contributed by atoms with Crippen molar-refractivity contribution in [3.63, 3.8) is 0 Å². The molecule has 2 aliphatic rings. The molecule has 6 rings (SSSR count). The second-order valence-electron chi connectivity index (χ2n) is 13.3. The average Bonchev–Trinajstić information content (AvgIpc) is 3.43.